The van der Waals surface area contributed by atoms with Crippen molar-refractivity contribution in [1.29, 1.82) is 5.26 Å². The van der Waals surface area contributed by atoms with Gasteiger partial charge in [-0.05, 0) is 25.0 Å². The molecule has 1 aliphatic carbocycles. The van der Waals surface area contributed by atoms with Crippen molar-refractivity contribution in [1.82, 2.24) is 0 Å². The number of alkyl halides is 3. The topological polar surface area (TPSA) is 53.2 Å². The molecule has 0 aromatic heterocycles. The van der Waals surface area contributed by atoms with E-state index in [1.165, 1.54) is 7.11 Å². The minimum atomic E-state index is -4.56. The van der Waals surface area contributed by atoms with Gasteiger partial charge >= 0.3 is 6.18 Å². The first-order chi connectivity index (χ1) is 8.34. The Morgan fingerprint density at radius 3 is 2.39 bits per heavy atom. The van der Waals surface area contributed by atoms with Gasteiger partial charge in [0.2, 0.25) is 0 Å². The molecule has 3 nitrogen and oxygen atoms in total. The maximum atomic E-state index is 12.6. The third-order valence-electron chi connectivity index (χ3n) is 3.07. The second kappa shape index (κ2) is 3.80. The Hall–Kier alpha value is -1.90. The molecule has 2 rings (SSSR count). The van der Waals surface area contributed by atoms with Crippen LogP contribution in [-0.4, -0.2) is 12.2 Å². The number of phenols is 1. The number of nitriles is 1. The molecule has 0 atom stereocenters. The molecule has 0 heterocycles. The van der Waals surface area contributed by atoms with E-state index >= 15 is 0 Å². The van der Waals surface area contributed by atoms with Gasteiger partial charge in [0.05, 0.1) is 29.7 Å². The van der Waals surface area contributed by atoms with Crippen molar-refractivity contribution in [3.05, 3.63) is 23.3 Å². The molecule has 0 spiro atoms. The number of halogens is 3. The highest BCUT2D eigenvalue weighted by molar-refractivity contribution is 5.57. The van der Waals surface area contributed by atoms with E-state index in [1.54, 1.807) is 0 Å². The summed E-state index contributed by atoms with van der Waals surface area (Å²) < 4.78 is 42.6. The number of ether oxygens (including phenoxy) is 1. The molecular formula is C12H10F3NO2. The van der Waals surface area contributed by atoms with Gasteiger partial charge in [-0.1, -0.05) is 0 Å². The van der Waals surface area contributed by atoms with Crippen molar-refractivity contribution in [2.24, 2.45) is 0 Å². The second-order valence-corrected chi connectivity index (χ2v) is 4.26. The van der Waals surface area contributed by atoms with Crippen LogP contribution in [0.3, 0.4) is 0 Å². The number of phenolic OH excluding ortho intramolecular Hbond substituents is 1. The van der Waals surface area contributed by atoms with Crippen LogP contribution in [0.4, 0.5) is 13.2 Å². The van der Waals surface area contributed by atoms with Gasteiger partial charge in [-0.25, -0.2) is 0 Å². The predicted octanol–water partition coefficient (Wildman–Crippen LogP) is 2.97. The smallest absolute Gasteiger partial charge is 0.416 e. The van der Waals surface area contributed by atoms with E-state index in [0.717, 1.165) is 6.07 Å². The summed E-state index contributed by atoms with van der Waals surface area (Å²) in [4.78, 5) is 0. The number of hydrogen-bond donors (Lipinski definition) is 1. The average molecular weight is 257 g/mol. The van der Waals surface area contributed by atoms with Gasteiger partial charge in [-0.15, -0.1) is 0 Å². The molecule has 1 aromatic carbocycles. The minimum Gasteiger partial charge on any atom is -0.507 e. The SMILES string of the molecule is COc1cc(C(F)(F)F)cc(O)c1C1(C#N)CC1. The van der Waals surface area contributed by atoms with Crippen molar-refractivity contribution in [3.63, 3.8) is 0 Å². The van der Waals surface area contributed by atoms with E-state index in [4.69, 9.17) is 10.00 Å². The Kier molecular flexibility index (Phi) is 2.65. The van der Waals surface area contributed by atoms with Crippen molar-refractivity contribution < 1.29 is 23.0 Å². The number of benzene rings is 1. The number of nitrogens with zero attached hydrogens (tertiary/aromatic N) is 1. The van der Waals surface area contributed by atoms with Crippen LogP contribution < -0.4 is 4.74 Å². The molecule has 0 unspecified atom stereocenters. The molecule has 0 radical (unpaired) electrons. The highest BCUT2D eigenvalue weighted by Gasteiger charge is 2.49. The first-order valence-corrected chi connectivity index (χ1v) is 5.24. The van der Waals surface area contributed by atoms with Crippen molar-refractivity contribution >= 4 is 0 Å². The second-order valence-electron chi connectivity index (χ2n) is 4.26. The van der Waals surface area contributed by atoms with Crippen LogP contribution in [0.2, 0.25) is 0 Å². The summed E-state index contributed by atoms with van der Waals surface area (Å²) >= 11 is 0. The van der Waals surface area contributed by atoms with Gasteiger partial charge in [-0.3, -0.25) is 0 Å². The van der Waals surface area contributed by atoms with Gasteiger partial charge in [0.25, 0.3) is 0 Å². The predicted molar refractivity (Wildman–Crippen MR) is 56.2 cm³/mol. The quantitative estimate of drug-likeness (QED) is 0.886. The molecule has 1 N–H and O–H groups in total. The molecule has 6 heteroatoms. The summed E-state index contributed by atoms with van der Waals surface area (Å²) in [5.74, 6) is -0.637. The fourth-order valence-electron chi connectivity index (χ4n) is 1.95. The number of hydrogen-bond acceptors (Lipinski definition) is 3. The molecule has 1 fully saturated rings. The maximum Gasteiger partial charge on any atom is 0.416 e. The number of aromatic hydroxyl groups is 1. The largest absolute Gasteiger partial charge is 0.507 e. The molecule has 1 saturated carbocycles. The molecule has 1 aliphatic rings. The lowest BCUT2D eigenvalue weighted by molar-refractivity contribution is -0.137. The lowest BCUT2D eigenvalue weighted by atomic mass is 9.94. The molecule has 96 valence electrons. The summed E-state index contributed by atoms with van der Waals surface area (Å²) in [6.45, 7) is 0. The highest BCUT2D eigenvalue weighted by atomic mass is 19.4. The Bertz CT molecular complexity index is 527. The lowest BCUT2D eigenvalue weighted by Gasteiger charge is -2.17. The third-order valence-corrected chi connectivity index (χ3v) is 3.07. The number of rotatable bonds is 2. The molecule has 0 aliphatic heterocycles. The van der Waals surface area contributed by atoms with Crippen LogP contribution in [-0.2, 0) is 11.6 Å². The van der Waals surface area contributed by atoms with Crippen LogP contribution in [0.5, 0.6) is 11.5 Å². The Labute approximate surface area is 101 Å². The zero-order valence-electron chi connectivity index (χ0n) is 9.51. The molecular weight excluding hydrogens is 247 g/mol. The standard InChI is InChI=1S/C12H10F3NO2/c1-18-9-5-7(12(13,14)15)4-8(17)10(9)11(6-16)2-3-11/h4-5,17H,2-3H2,1H3. The molecule has 0 saturated heterocycles. The Morgan fingerprint density at radius 1 is 1.39 bits per heavy atom. The van der Waals surface area contributed by atoms with Crippen molar-refractivity contribution in [3.8, 4) is 17.6 Å². The van der Waals surface area contributed by atoms with Crippen LogP contribution in [0.25, 0.3) is 0 Å². The Morgan fingerprint density at radius 2 is 2.00 bits per heavy atom. The molecule has 18 heavy (non-hydrogen) atoms. The Balaban J connectivity index is 2.60. The zero-order valence-corrected chi connectivity index (χ0v) is 9.51. The lowest BCUT2D eigenvalue weighted by Crippen LogP contribution is -2.10. The van der Waals surface area contributed by atoms with E-state index in [1.807, 2.05) is 6.07 Å². The monoisotopic (exact) mass is 257 g/mol. The third kappa shape index (κ3) is 1.86. The van der Waals surface area contributed by atoms with Gasteiger partial charge < -0.3 is 9.84 Å². The van der Waals surface area contributed by atoms with Crippen molar-refractivity contribution in [2.75, 3.05) is 7.11 Å². The average Bonchev–Trinajstić information content (AvgIpc) is 3.07. The maximum absolute atomic E-state index is 12.6. The molecule has 1 aromatic rings. The summed E-state index contributed by atoms with van der Waals surface area (Å²) in [6, 6.07) is 3.47. The van der Waals surface area contributed by atoms with Gasteiger partial charge in [0.15, 0.2) is 0 Å². The first kappa shape index (κ1) is 12.6. The normalized spacial score (nSPS) is 17.1. The molecule has 0 bridgehead atoms. The van der Waals surface area contributed by atoms with E-state index < -0.39 is 22.9 Å². The summed E-state index contributed by atoms with van der Waals surface area (Å²) in [6.07, 6.45) is -3.54. The fraction of sp³-hybridized carbons (Fsp3) is 0.417. The zero-order chi connectivity index (χ0) is 13.6. The summed E-state index contributed by atoms with van der Waals surface area (Å²) in [7, 11) is 1.21. The number of methoxy groups -OCH3 is 1. The summed E-state index contributed by atoms with van der Waals surface area (Å²) in [5, 5.41) is 18.8. The van der Waals surface area contributed by atoms with E-state index in [0.29, 0.717) is 18.9 Å². The van der Waals surface area contributed by atoms with Gasteiger partial charge in [0.1, 0.15) is 11.5 Å². The van der Waals surface area contributed by atoms with E-state index in [2.05, 4.69) is 0 Å². The van der Waals surface area contributed by atoms with Crippen LogP contribution >= 0.6 is 0 Å². The van der Waals surface area contributed by atoms with Crippen LogP contribution in [0.1, 0.15) is 24.0 Å². The first-order valence-electron chi connectivity index (χ1n) is 5.24. The summed E-state index contributed by atoms with van der Waals surface area (Å²) in [5.41, 5.74) is -1.74. The van der Waals surface area contributed by atoms with E-state index in [-0.39, 0.29) is 11.3 Å². The van der Waals surface area contributed by atoms with Crippen molar-refractivity contribution in [2.45, 2.75) is 24.4 Å². The van der Waals surface area contributed by atoms with E-state index in [9.17, 15) is 18.3 Å². The fourth-order valence-corrected chi connectivity index (χ4v) is 1.95. The van der Waals surface area contributed by atoms with Gasteiger partial charge in [-0.2, -0.15) is 18.4 Å². The van der Waals surface area contributed by atoms with Crippen LogP contribution in [0, 0.1) is 11.3 Å². The van der Waals surface area contributed by atoms with Crippen LogP contribution in [0.15, 0.2) is 12.1 Å². The molecule has 0 amide bonds. The highest BCUT2D eigenvalue weighted by Crippen LogP contribution is 2.55. The van der Waals surface area contributed by atoms with Gasteiger partial charge in [0, 0.05) is 0 Å². The minimum absolute atomic E-state index is 0.0959.